The van der Waals surface area contributed by atoms with Crippen LogP contribution in [0.15, 0.2) is 23.4 Å². The number of rotatable bonds is 3. The van der Waals surface area contributed by atoms with Crippen LogP contribution >= 0.6 is 11.8 Å². The molecule has 1 aliphatic rings. The smallest absolute Gasteiger partial charge is 0.210 e. The Labute approximate surface area is 93.9 Å². The highest BCUT2D eigenvalue weighted by Crippen LogP contribution is 2.30. The Bertz CT molecular complexity index is 339. The second-order valence-electron chi connectivity index (χ2n) is 3.64. The molecule has 0 spiro atoms. The molecule has 1 fully saturated rings. The summed E-state index contributed by atoms with van der Waals surface area (Å²) in [6.45, 7) is 0.873. The van der Waals surface area contributed by atoms with Gasteiger partial charge >= 0.3 is 0 Å². The van der Waals surface area contributed by atoms with Crippen molar-refractivity contribution in [2.75, 3.05) is 12.8 Å². The van der Waals surface area contributed by atoms with Crippen LogP contribution in [-0.2, 0) is 4.79 Å². The van der Waals surface area contributed by atoms with Crippen LogP contribution in [0.25, 0.3) is 0 Å². The lowest BCUT2D eigenvalue weighted by Gasteiger charge is -2.19. The van der Waals surface area contributed by atoms with Crippen molar-refractivity contribution in [2.45, 2.75) is 23.9 Å². The number of amides is 1. The molecule has 4 heteroatoms. The summed E-state index contributed by atoms with van der Waals surface area (Å²) in [5.41, 5.74) is 1.15. The summed E-state index contributed by atoms with van der Waals surface area (Å²) in [6.07, 6.45) is 6.99. The van der Waals surface area contributed by atoms with Gasteiger partial charge in [0.25, 0.3) is 0 Å². The molecule has 2 rings (SSSR count). The number of nitrogens with zero attached hydrogens (tertiary/aromatic N) is 2. The number of aromatic nitrogens is 1. The molecule has 2 heterocycles. The fourth-order valence-corrected chi connectivity index (χ4v) is 2.35. The zero-order chi connectivity index (χ0) is 10.7. The van der Waals surface area contributed by atoms with E-state index < -0.39 is 0 Å². The van der Waals surface area contributed by atoms with Gasteiger partial charge in [0.2, 0.25) is 6.41 Å². The topological polar surface area (TPSA) is 33.2 Å². The van der Waals surface area contributed by atoms with E-state index >= 15 is 0 Å². The third-order valence-corrected chi connectivity index (χ3v) is 3.44. The zero-order valence-electron chi connectivity index (χ0n) is 8.72. The molecule has 1 aromatic heterocycles. The van der Waals surface area contributed by atoms with Crippen LogP contribution in [0.1, 0.15) is 24.4 Å². The quantitative estimate of drug-likeness (QED) is 0.580. The molecule has 0 aromatic carbocycles. The van der Waals surface area contributed by atoms with Gasteiger partial charge in [-0.15, -0.1) is 11.8 Å². The number of hydrogen-bond acceptors (Lipinski definition) is 3. The summed E-state index contributed by atoms with van der Waals surface area (Å²) in [5.74, 6) is 0. The maximum Gasteiger partial charge on any atom is 0.210 e. The predicted molar refractivity (Wildman–Crippen MR) is 60.8 cm³/mol. The van der Waals surface area contributed by atoms with Crippen LogP contribution in [0, 0.1) is 0 Å². The fourth-order valence-electron chi connectivity index (χ4n) is 1.98. The van der Waals surface area contributed by atoms with Crippen LogP contribution in [-0.4, -0.2) is 29.1 Å². The van der Waals surface area contributed by atoms with Crippen molar-refractivity contribution in [1.29, 1.82) is 0 Å². The average molecular weight is 222 g/mol. The summed E-state index contributed by atoms with van der Waals surface area (Å²) in [7, 11) is 0. The molecule has 0 radical (unpaired) electrons. The molecule has 0 bridgehead atoms. The average Bonchev–Trinajstić information content (AvgIpc) is 2.77. The SMILES string of the molecule is CSc1ccc([C@H]2CCCN2C=O)cn1. The van der Waals surface area contributed by atoms with Crippen LogP contribution in [0.2, 0.25) is 0 Å². The maximum absolute atomic E-state index is 10.8. The summed E-state index contributed by atoms with van der Waals surface area (Å²) in [6, 6.07) is 4.33. The molecule has 0 N–H and O–H groups in total. The van der Waals surface area contributed by atoms with Crippen LogP contribution in [0.4, 0.5) is 0 Å². The van der Waals surface area contributed by atoms with Crippen LogP contribution in [0.3, 0.4) is 0 Å². The summed E-state index contributed by atoms with van der Waals surface area (Å²) >= 11 is 1.63. The second-order valence-corrected chi connectivity index (χ2v) is 4.46. The van der Waals surface area contributed by atoms with Gasteiger partial charge in [0.15, 0.2) is 0 Å². The van der Waals surface area contributed by atoms with E-state index in [0.29, 0.717) is 0 Å². The van der Waals surface area contributed by atoms with Crippen molar-refractivity contribution in [3.63, 3.8) is 0 Å². The van der Waals surface area contributed by atoms with Crippen LogP contribution in [0.5, 0.6) is 0 Å². The third kappa shape index (κ3) is 2.15. The van der Waals surface area contributed by atoms with Crippen molar-refractivity contribution in [1.82, 2.24) is 9.88 Å². The van der Waals surface area contributed by atoms with Gasteiger partial charge in [0.1, 0.15) is 0 Å². The molecule has 1 atom stereocenters. The normalized spacial score (nSPS) is 20.6. The van der Waals surface area contributed by atoms with E-state index in [1.807, 2.05) is 23.4 Å². The van der Waals surface area contributed by atoms with Gasteiger partial charge in [-0.1, -0.05) is 6.07 Å². The number of pyridine rings is 1. The molecule has 1 saturated heterocycles. The van der Waals surface area contributed by atoms with Gasteiger partial charge in [-0.25, -0.2) is 4.98 Å². The lowest BCUT2D eigenvalue weighted by atomic mass is 10.1. The molecule has 15 heavy (non-hydrogen) atoms. The fraction of sp³-hybridized carbons (Fsp3) is 0.455. The van der Waals surface area contributed by atoms with E-state index in [1.54, 1.807) is 11.8 Å². The third-order valence-electron chi connectivity index (χ3n) is 2.78. The Morgan fingerprint density at radius 2 is 2.47 bits per heavy atom. The molecule has 1 amide bonds. The summed E-state index contributed by atoms with van der Waals surface area (Å²) < 4.78 is 0. The number of hydrogen-bond donors (Lipinski definition) is 0. The first kappa shape index (κ1) is 10.5. The first-order valence-electron chi connectivity index (χ1n) is 5.06. The molecule has 0 aliphatic carbocycles. The molecular formula is C11H14N2OS. The predicted octanol–water partition coefficient (Wildman–Crippen LogP) is 2.10. The standard InChI is InChI=1S/C11H14N2OS/c1-15-11-5-4-9(7-12-11)10-3-2-6-13(10)8-14/h4-5,7-8,10H,2-3,6H2,1H3/t10-/m1/s1. The minimum atomic E-state index is 0.242. The van der Waals surface area contributed by atoms with E-state index in [4.69, 9.17) is 0 Å². The first-order chi connectivity index (χ1) is 7.35. The Kier molecular flexibility index (Phi) is 3.26. The van der Waals surface area contributed by atoms with Crippen LogP contribution < -0.4 is 0 Å². The zero-order valence-corrected chi connectivity index (χ0v) is 9.54. The monoisotopic (exact) mass is 222 g/mol. The largest absolute Gasteiger partial charge is 0.338 e. The number of likely N-dealkylation sites (tertiary alicyclic amines) is 1. The first-order valence-corrected chi connectivity index (χ1v) is 6.28. The van der Waals surface area contributed by atoms with E-state index in [2.05, 4.69) is 11.1 Å². The Morgan fingerprint density at radius 1 is 1.60 bits per heavy atom. The minimum Gasteiger partial charge on any atom is -0.338 e. The molecule has 1 aliphatic heterocycles. The molecule has 1 aromatic rings. The lowest BCUT2D eigenvalue weighted by Crippen LogP contribution is -2.21. The van der Waals surface area contributed by atoms with Gasteiger partial charge in [0, 0.05) is 12.7 Å². The molecule has 0 unspecified atom stereocenters. The van der Waals surface area contributed by atoms with E-state index in [-0.39, 0.29) is 6.04 Å². The van der Waals surface area contributed by atoms with Gasteiger partial charge in [-0.05, 0) is 30.7 Å². The lowest BCUT2D eigenvalue weighted by molar-refractivity contribution is -0.118. The Morgan fingerprint density at radius 3 is 3.07 bits per heavy atom. The molecule has 0 saturated carbocycles. The summed E-state index contributed by atoms with van der Waals surface area (Å²) in [5, 5.41) is 1.02. The highest BCUT2D eigenvalue weighted by Gasteiger charge is 2.24. The van der Waals surface area contributed by atoms with E-state index in [9.17, 15) is 4.79 Å². The number of thioether (sulfide) groups is 1. The maximum atomic E-state index is 10.8. The van der Waals surface area contributed by atoms with Crippen molar-refractivity contribution < 1.29 is 4.79 Å². The molecular weight excluding hydrogens is 208 g/mol. The van der Waals surface area contributed by atoms with Crippen molar-refractivity contribution >= 4 is 18.2 Å². The molecule has 80 valence electrons. The summed E-state index contributed by atoms with van der Waals surface area (Å²) in [4.78, 5) is 17.0. The van der Waals surface area contributed by atoms with E-state index in [1.165, 1.54) is 0 Å². The van der Waals surface area contributed by atoms with Crippen molar-refractivity contribution in [3.05, 3.63) is 23.9 Å². The molecule has 3 nitrogen and oxygen atoms in total. The van der Waals surface area contributed by atoms with Gasteiger partial charge in [-0.2, -0.15) is 0 Å². The van der Waals surface area contributed by atoms with E-state index in [0.717, 1.165) is 36.4 Å². The van der Waals surface area contributed by atoms with Gasteiger partial charge < -0.3 is 4.90 Å². The minimum absolute atomic E-state index is 0.242. The van der Waals surface area contributed by atoms with Crippen molar-refractivity contribution in [3.8, 4) is 0 Å². The Hall–Kier alpha value is -1.03. The number of carbonyl (C=O) groups is 1. The Balaban J connectivity index is 2.17. The van der Waals surface area contributed by atoms with Crippen molar-refractivity contribution in [2.24, 2.45) is 0 Å². The van der Waals surface area contributed by atoms with Gasteiger partial charge in [-0.3, -0.25) is 4.79 Å². The highest BCUT2D eigenvalue weighted by atomic mass is 32.2. The highest BCUT2D eigenvalue weighted by molar-refractivity contribution is 7.98. The number of carbonyl (C=O) groups excluding carboxylic acids is 1. The second kappa shape index (κ2) is 4.66. The van der Waals surface area contributed by atoms with Gasteiger partial charge in [0.05, 0.1) is 11.1 Å².